The Kier molecular flexibility index (Phi) is 2.47. The molecule has 3 rings (SSSR count). The molecule has 2 nitrogen and oxygen atoms in total. The molecule has 0 aliphatic heterocycles. The number of hydrogen-bond donors (Lipinski definition) is 0. The van der Waals surface area contributed by atoms with Crippen LogP contribution in [0.4, 0.5) is 13.2 Å². The zero-order valence-electron chi connectivity index (χ0n) is 15.5. The third-order valence-electron chi connectivity index (χ3n) is 3.01. The highest BCUT2D eigenvalue weighted by molar-refractivity contribution is 5.63. The maximum Gasteiger partial charge on any atom is 0.435 e. The summed E-state index contributed by atoms with van der Waals surface area (Å²) in [6.45, 7) is 1.43. The summed E-state index contributed by atoms with van der Waals surface area (Å²) in [6, 6.07) is 7.36. The fourth-order valence-corrected chi connectivity index (χ4v) is 1.97. The molecule has 0 atom stereocenters. The summed E-state index contributed by atoms with van der Waals surface area (Å²) >= 11 is 0. The number of alkyl halides is 3. The summed E-state index contributed by atoms with van der Waals surface area (Å²) in [6.07, 6.45) is -4.71. The van der Waals surface area contributed by atoms with Gasteiger partial charge in [-0.2, -0.15) is 18.3 Å². The minimum atomic E-state index is -4.71. The summed E-state index contributed by atoms with van der Waals surface area (Å²) < 4.78 is 72.7. The Morgan fingerprint density at radius 3 is 2.27 bits per heavy atom. The van der Waals surface area contributed by atoms with E-state index in [0.717, 1.165) is 10.7 Å². The summed E-state index contributed by atoms with van der Waals surface area (Å²) in [5.74, 6) is 0. The Labute approximate surface area is 131 Å². The number of aromatic nitrogens is 2. The molecule has 1 aromatic heterocycles. The number of benzene rings is 2. The second kappa shape index (κ2) is 5.33. The molecule has 5 heteroatoms. The molecule has 0 amide bonds. The van der Waals surface area contributed by atoms with Gasteiger partial charge in [0.25, 0.3) is 0 Å². The van der Waals surface area contributed by atoms with Gasteiger partial charge in [-0.15, -0.1) is 0 Å². The van der Waals surface area contributed by atoms with Crippen LogP contribution in [-0.2, 0) is 6.18 Å². The van der Waals surface area contributed by atoms with Crippen LogP contribution in [-0.4, -0.2) is 9.78 Å². The highest BCUT2D eigenvalue weighted by atomic mass is 19.4. The molecular formula is C17H13F3N2. The first-order valence-electron chi connectivity index (χ1n) is 8.43. The summed E-state index contributed by atoms with van der Waals surface area (Å²) in [5, 5.41) is 3.59. The number of rotatable bonds is 2. The molecule has 0 saturated heterocycles. The molecular weight excluding hydrogens is 289 g/mol. The van der Waals surface area contributed by atoms with Crippen molar-refractivity contribution in [2.45, 2.75) is 13.1 Å². The van der Waals surface area contributed by atoms with E-state index in [-0.39, 0.29) is 28.9 Å². The number of nitrogens with zero attached hydrogens (tertiary/aromatic N) is 2. The number of para-hydroxylation sites is 1. The molecule has 0 saturated carbocycles. The van der Waals surface area contributed by atoms with Crippen LogP contribution in [0.15, 0.2) is 60.6 Å². The highest BCUT2D eigenvalue weighted by Crippen LogP contribution is 2.33. The van der Waals surface area contributed by atoms with Crippen LogP contribution in [0.2, 0.25) is 0 Å². The van der Waals surface area contributed by atoms with Gasteiger partial charge in [-0.05, 0) is 25.1 Å². The summed E-state index contributed by atoms with van der Waals surface area (Å²) in [5.41, 5.74) is -1.10. The van der Waals surface area contributed by atoms with E-state index in [1.165, 1.54) is 6.92 Å². The number of halogens is 3. The maximum atomic E-state index is 13.2. The van der Waals surface area contributed by atoms with Crippen molar-refractivity contribution in [1.29, 1.82) is 0 Å². The molecule has 0 aliphatic carbocycles. The zero-order chi connectivity index (χ0) is 19.2. The van der Waals surface area contributed by atoms with Crippen molar-refractivity contribution in [1.82, 2.24) is 9.78 Å². The van der Waals surface area contributed by atoms with Gasteiger partial charge >= 0.3 is 6.18 Å². The van der Waals surface area contributed by atoms with Crippen molar-refractivity contribution < 1.29 is 18.7 Å². The lowest BCUT2D eigenvalue weighted by Gasteiger charge is -2.07. The summed E-state index contributed by atoms with van der Waals surface area (Å²) in [4.78, 5) is 0. The largest absolute Gasteiger partial charge is 0.435 e. The normalized spacial score (nSPS) is 14.2. The average molecular weight is 306 g/mol. The van der Waals surface area contributed by atoms with Crippen LogP contribution in [0.5, 0.6) is 0 Å². The summed E-state index contributed by atoms with van der Waals surface area (Å²) in [7, 11) is 0. The van der Waals surface area contributed by atoms with Gasteiger partial charge in [0.2, 0.25) is 0 Å². The van der Waals surface area contributed by atoms with Crippen molar-refractivity contribution in [3.8, 4) is 16.9 Å². The minimum absolute atomic E-state index is 0.130. The van der Waals surface area contributed by atoms with Crippen LogP contribution in [0.3, 0.4) is 0 Å². The molecule has 0 radical (unpaired) electrons. The van der Waals surface area contributed by atoms with E-state index in [1.54, 1.807) is 30.3 Å². The maximum absolute atomic E-state index is 13.2. The predicted octanol–water partition coefficient (Wildman–Crippen LogP) is 4.87. The van der Waals surface area contributed by atoms with Gasteiger partial charge in [0.1, 0.15) is 0 Å². The minimum Gasteiger partial charge on any atom is -0.233 e. The Bertz CT molecular complexity index is 953. The van der Waals surface area contributed by atoms with Crippen LogP contribution in [0, 0.1) is 6.92 Å². The molecule has 2 aromatic carbocycles. The van der Waals surface area contributed by atoms with Crippen molar-refractivity contribution in [2.75, 3.05) is 0 Å². The fourth-order valence-electron chi connectivity index (χ4n) is 1.97. The van der Waals surface area contributed by atoms with E-state index in [2.05, 4.69) is 5.10 Å². The zero-order valence-corrected chi connectivity index (χ0v) is 11.5. The molecule has 22 heavy (non-hydrogen) atoms. The van der Waals surface area contributed by atoms with E-state index in [0.29, 0.717) is 5.69 Å². The van der Waals surface area contributed by atoms with Crippen molar-refractivity contribution in [2.24, 2.45) is 0 Å². The lowest BCUT2D eigenvalue weighted by Crippen LogP contribution is -2.07. The van der Waals surface area contributed by atoms with E-state index >= 15 is 0 Å². The Morgan fingerprint density at radius 1 is 1.05 bits per heavy atom. The van der Waals surface area contributed by atoms with Gasteiger partial charge < -0.3 is 0 Å². The second-order valence-corrected chi connectivity index (χ2v) is 4.66. The van der Waals surface area contributed by atoms with E-state index in [9.17, 15) is 13.2 Å². The smallest absolute Gasteiger partial charge is 0.233 e. The average Bonchev–Trinajstić information content (AvgIpc) is 3.04. The molecule has 112 valence electrons. The predicted molar refractivity (Wildman–Crippen MR) is 78.7 cm³/mol. The Morgan fingerprint density at radius 2 is 1.68 bits per heavy atom. The Balaban J connectivity index is 2.38. The molecule has 0 unspecified atom stereocenters. The van der Waals surface area contributed by atoms with E-state index in [4.69, 9.17) is 5.48 Å². The Hall–Kier alpha value is -2.56. The van der Waals surface area contributed by atoms with Crippen LogP contribution in [0.25, 0.3) is 16.9 Å². The molecule has 0 aliphatic rings. The van der Waals surface area contributed by atoms with E-state index < -0.39 is 24.0 Å². The molecule has 0 fully saturated rings. The first kappa shape index (κ1) is 10.2. The van der Waals surface area contributed by atoms with Gasteiger partial charge in [-0.3, -0.25) is 0 Å². The molecule has 0 bridgehead atoms. The quantitative estimate of drug-likeness (QED) is 0.660. The monoisotopic (exact) mass is 306 g/mol. The van der Waals surface area contributed by atoms with Gasteiger partial charge in [-0.1, -0.05) is 47.9 Å². The first-order valence-corrected chi connectivity index (χ1v) is 6.43. The highest BCUT2D eigenvalue weighted by Gasteiger charge is 2.35. The van der Waals surface area contributed by atoms with Gasteiger partial charge in [0.15, 0.2) is 5.69 Å². The van der Waals surface area contributed by atoms with Crippen molar-refractivity contribution in [3.05, 3.63) is 71.8 Å². The third kappa shape index (κ3) is 2.74. The lowest BCUT2D eigenvalue weighted by molar-refractivity contribution is -0.141. The van der Waals surface area contributed by atoms with Gasteiger partial charge in [-0.25, -0.2) is 4.68 Å². The lowest BCUT2D eigenvalue weighted by atomic mass is 10.1. The topological polar surface area (TPSA) is 17.8 Å². The van der Waals surface area contributed by atoms with Crippen LogP contribution < -0.4 is 0 Å². The number of hydrogen-bond acceptors (Lipinski definition) is 1. The molecule has 0 spiro atoms. The van der Waals surface area contributed by atoms with Crippen LogP contribution >= 0.6 is 0 Å². The molecule has 0 N–H and O–H groups in total. The fraction of sp³-hybridized carbons (Fsp3) is 0.118. The van der Waals surface area contributed by atoms with Gasteiger partial charge in [0, 0.05) is 5.56 Å². The second-order valence-electron chi connectivity index (χ2n) is 4.66. The first-order chi connectivity index (χ1) is 12.1. The molecule has 3 aromatic rings. The van der Waals surface area contributed by atoms with Gasteiger partial charge in [0.05, 0.1) is 16.9 Å². The van der Waals surface area contributed by atoms with E-state index in [1.807, 2.05) is 0 Å². The van der Waals surface area contributed by atoms with Crippen molar-refractivity contribution in [3.63, 3.8) is 0 Å². The SMILES string of the molecule is [2H]c1c([2H])c(-c2cc(C(F)(F)F)nn2-c2ccccc2)c([2H])c([2H])c1C. The standard InChI is InChI=1S/C17H13F3N2/c1-12-7-9-13(10-8-12)15-11-16(17(18,19)20)21-22(15)14-5-3-2-4-6-14/h2-11H,1H3/i7D,8D,9D,10D. The molecule has 1 heterocycles. The third-order valence-corrected chi connectivity index (χ3v) is 3.01. The van der Waals surface area contributed by atoms with Crippen molar-refractivity contribution >= 4 is 0 Å². The van der Waals surface area contributed by atoms with Crippen LogP contribution in [0.1, 0.15) is 16.7 Å².